The van der Waals surface area contributed by atoms with E-state index in [1.807, 2.05) is 25.7 Å². The van der Waals surface area contributed by atoms with Gasteiger partial charge < -0.3 is 19.9 Å². The molecule has 1 amide bonds. The maximum atomic E-state index is 12.4. The number of nitrogens with zero attached hydrogens (tertiary/aromatic N) is 4. The molecule has 27 heavy (non-hydrogen) atoms. The fourth-order valence-electron chi connectivity index (χ4n) is 3.41. The highest BCUT2D eigenvalue weighted by atomic mass is 16.6. The SMILES string of the molecule is CN=C(NCC(=O)OC(C)(C)C)N1CCN(CC(=O)N2CCCCC2)CC1. The number of amides is 1. The van der Waals surface area contributed by atoms with Gasteiger partial charge in [0, 0.05) is 46.3 Å². The molecule has 2 rings (SSSR count). The van der Waals surface area contributed by atoms with Crippen molar-refractivity contribution in [3.63, 3.8) is 0 Å². The predicted molar refractivity (Wildman–Crippen MR) is 106 cm³/mol. The van der Waals surface area contributed by atoms with Crippen molar-refractivity contribution in [2.24, 2.45) is 4.99 Å². The lowest BCUT2D eigenvalue weighted by Crippen LogP contribution is -2.55. The fraction of sp³-hybridized carbons (Fsp3) is 0.842. The molecule has 2 saturated heterocycles. The van der Waals surface area contributed by atoms with Crippen LogP contribution in [0.15, 0.2) is 4.99 Å². The van der Waals surface area contributed by atoms with Gasteiger partial charge in [-0.1, -0.05) is 0 Å². The fourth-order valence-corrected chi connectivity index (χ4v) is 3.41. The topological polar surface area (TPSA) is 77.5 Å². The van der Waals surface area contributed by atoms with Crippen molar-refractivity contribution < 1.29 is 14.3 Å². The Morgan fingerprint density at radius 2 is 1.59 bits per heavy atom. The molecule has 0 saturated carbocycles. The molecule has 2 aliphatic rings. The monoisotopic (exact) mass is 381 g/mol. The second-order valence-corrected chi connectivity index (χ2v) is 8.19. The zero-order valence-electron chi connectivity index (χ0n) is 17.3. The van der Waals surface area contributed by atoms with Gasteiger partial charge in [-0.05, 0) is 40.0 Å². The Hall–Kier alpha value is -1.83. The molecule has 8 nitrogen and oxygen atoms in total. The summed E-state index contributed by atoms with van der Waals surface area (Å²) in [6.07, 6.45) is 3.48. The number of ether oxygens (including phenoxy) is 1. The first-order valence-corrected chi connectivity index (χ1v) is 9.96. The molecule has 0 aliphatic carbocycles. The summed E-state index contributed by atoms with van der Waals surface area (Å²) >= 11 is 0. The van der Waals surface area contributed by atoms with Crippen LogP contribution in [0.5, 0.6) is 0 Å². The second-order valence-electron chi connectivity index (χ2n) is 8.19. The third kappa shape index (κ3) is 7.36. The Bertz CT molecular complexity index is 530. The summed E-state index contributed by atoms with van der Waals surface area (Å²) in [5.41, 5.74) is -0.491. The van der Waals surface area contributed by atoms with Crippen LogP contribution in [-0.2, 0) is 14.3 Å². The Kier molecular flexibility index (Phi) is 7.89. The van der Waals surface area contributed by atoms with E-state index in [1.165, 1.54) is 6.42 Å². The zero-order valence-corrected chi connectivity index (χ0v) is 17.3. The maximum absolute atomic E-state index is 12.4. The molecule has 0 aromatic rings. The van der Waals surface area contributed by atoms with Crippen molar-refractivity contribution in [1.29, 1.82) is 0 Å². The summed E-state index contributed by atoms with van der Waals surface area (Å²) in [4.78, 5) is 34.9. The molecule has 8 heteroatoms. The summed E-state index contributed by atoms with van der Waals surface area (Å²) in [7, 11) is 1.71. The molecule has 1 N–H and O–H groups in total. The Morgan fingerprint density at radius 3 is 2.15 bits per heavy atom. The lowest BCUT2D eigenvalue weighted by molar-refractivity contribution is -0.153. The number of piperazine rings is 1. The third-order valence-electron chi connectivity index (χ3n) is 4.76. The maximum Gasteiger partial charge on any atom is 0.325 e. The highest BCUT2D eigenvalue weighted by Crippen LogP contribution is 2.10. The van der Waals surface area contributed by atoms with Crippen LogP contribution in [0.1, 0.15) is 40.0 Å². The largest absolute Gasteiger partial charge is 0.459 e. The second kappa shape index (κ2) is 9.92. The highest BCUT2D eigenvalue weighted by Gasteiger charge is 2.24. The van der Waals surface area contributed by atoms with Crippen molar-refractivity contribution >= 4 is 17.8 Å². The number of esters is 1. The number of carbonyl (C=O) groups excluding carboxylic acids is 2. The quantitative estimate of drug-likeness (QED) is 0.435. The van der Waals surface area contributed by atoms with E-state index in [4.69, 9.17) is 4.74 Å². The van der Waals surface area contributed by atoms with E-state index >= 15 is 0 Å². The molecular formula is C19H35N5O3. The molecule has 2 aliphatic heterocycles. The minimum absolute atomic E-state index is 0.0948. The van der Waals surface area contributed by atoms with E-state index in [9.17, 15) is 9.59 Å². The van der Waals surface area contributed by atoms with Crippen molar-refractivity contribution in [1.82, 2.24) is 20.0 Å². The van der Waals surface area contributed by atoms with Crippen LogP contribution < -0.4 is 5.32 Å². The van der Waals surface area contributed by atoms with Gasteiger partial charge in [0.25, 0.3) is 0 Å². The van der Waals surface area contributed by atoms with E-state index in [-0.39, 0.29) is 18.4 Å². The van der Waals surface area contributed by atoms with E-state index < -0.39 is 5.60 Å². The summed E-state index contributed by atoms with van der Waals surface area (Å²) in [5, 5.41) is 3.08. The first kappa shape index (κ1) is 21.5. The van der Waals surface area contributed by atoms with Crippen LogP contribution in [0.25, 0.3) is 0 Å². The number of aliphatic imine (C=N–C) groups is 1. The first-order valence-electron chi connectivity index (χ1n) is 9.96. The summed E-state index contributed by atoms with van der Waals surface area (Å²) in [6.45, 7) is 11.1. The minimum Gasteiger partial charge on any atom is -0.459 e. The molecule has 0 aromatic heterocycles. The minimum atomic E-state index is -0.491. The van der Waals surface area contributed by atoms with Gasteiger partial charge >= 0.3 is 5.97 Å². The van der Waals surface area contributed by atoms with Crippen molar-refractivity contribution in [3.05, 3.63) is 0 Å². The van der Waals surface area contributed by atoms with E-state index in [2.05, 4.69) is 20.1 Å². The Morgan fingerprint density at radius 1 is 0.963 bits per heavy atom. The molecular weight excluding hydrogens is 346 g/mol. The van der Waals surface area contributed by atoms with Crippen molar-refractivity contribution in [2.45, 2.75) is 45.6 Å². The van der Waals surface area contributed by atoms with E-state index in [0.29, 0.717) is 12.5 Å². The molecule has 0 aromatic carbocycles. The Labute approximate surface area is 162 Å². The third-order valence-corrected chi connectivity index (χ3v) is 4.76. The van der Waals surface area contributed by atoms with E-state index in [0.717, 1.165) is 52.1 Å². The summed E-state index contributed by atoms with van der Waals surface area (Å²) in [5.74, 6) is 0.646. The van der Waals surface area contributed by atoms with Gasteiger partial charge in [0.15, 0.2) is 5.96 Å². The summed E-state index contributed by atoms with van der Waals surface area (Å²) in [6, 6.07) is 0. The van der Waals surface area contributed by atoms with Crippen molar-refractivity contribution in [2.75, 3.05) is 59.4 Å². The number of hydrogen-bond acceptors (Lipinski definition) is 5. The summed E-state index contributed by atoms with van der Waals surface area (Å²) < 4.78 is 5.31. The number of piperidine rings is 1. The number of hydrogen-bond donors (Lipinski definition) is 1. The van der Waals surface area contributed by atoms with Gasteiger partial charge in [0.1, 0.15) is 12.1 Å². The molecule has 0 bridgehead atoms. The number of rotatable bonds is 4. The number of carbonyl (C=O) groups is 2. The van der Waals surface area contributed by atoms with Gasteiger partial charge in [0.2, 0.25) is 5.91 Å². The van der Waals surface area contributed by atoms with Crippen LogP contribution >= 0.6 is 0 Å². The number of likely N-dealkylation sites (tertiary alicyclic amines) is 1. The average molecular weight is 382 g/mol. The lowest BCUT2D eigenvalue weighted by atomic mass is 10.1. The number of guanidine groups is 1. The average Bonchev–Trinajstić information content (AvgIpc) is 2.62. The van der Waals surface area contributed by atoms with Gasteiger partial charge in [-0.2, -0.15) is 0 Å². The van der Waals surface area contributed by atoms with Crippen LogP contribution in [-0.4, -0.2) is 97.5 Å². The lowest BCUT2D eigenvalue weighted by Gasteiger charge is -2.37. The molecule has 0 spiro atoms. The standard InChI is InChI=1S/C19H35N5O3/c1-19(2,3)27-17(26)14-21-18(20-4)24-12-10-22(11-13-24)15-16(25)23-8-6-5-7-9-23/h5-15H2,1-4H3,(H,20,21). The van der Waals surface area contributed by atoms with Gasteiger partial charge in [-0.15, -0.1) is 0 Å². The first-order chi connectivity index (χ1) is 12.8. The van der Waals surface area contributed by atoms with Crippen LogP contribution in [0.3, 0.4) is 0 Å². The van der Waals surface area contributed by atoms with Gasteiger partial charge in [-0.3, -0.25) is 19.5 Å². The van der Waals surface area contributed by atoms with Gasteiger partial charge in [0.05, 0.1) is 6.54 Å². The molecule has 2 fully saturated rings. The zero-order chi connectivity index (χ0) is 19.9. The van der Waals surface area contributed by atoms with Crippen LogP contribution in [0.2, 0.25) is 0 Å². The van der Waals surface area contributed by atoms with Crippen molar-refractivity contribution in [3.8, 4) is 0 Å². The number of nitrogens with one attached hydrogen (secondary N) is 1. The molecule has 0 unspecified atom stereocenters. The molecule has 154 valence electrons. The van der Waals surface area contributed by atoms with Crippen LogP contribution in [0.4, 0.5) is 0 Å². The van der Waals surface area contributed by atoms with Gasteiger partial charge in [-0.25, -0.2) is 0 Å². The van der Waals surface area contributed by atoms with Crippen LogP contribution in [0, 0.1) is 0 Å². The normalized spacial score (nSPS) is 19.8. The Balaban J connectivity index is 1.73. The molecule has 0 atom stereocenters. The molecule has 2 heterocycles. The molecule has 0 radical (unpaired) electrons. The van der Waals surface area contributed by atoms with E-state index in [1.54, 1.807) is 7.05 Å². The predicted octanol–water partition coefficient (Wildman–Crippen LogP) is 0.534. The smallest absolute Gasteiger partial charge is 0.325 e. The highest BCUT2D eigenvalue weighted by molar-refractivity contribution is 5.84.